The van der Waals surface area contributed by atoms with Crippen molar-refractivity contribution in [2.24, 2.45) is 11.7 Å². The fourth-order valence-corrected chi connectivity index (χ4v) is 2.19. The lowest BCUT2D eigenvalue weighted by Gasteiger charge is -2.15. The third kappa shape index (κ3) is 2.82. The second kappa shape index (κ2) is 5.77. The van der Waals surface area contributed by atoms with E-state index in [9.17, 15) is 9.59 Å². The van der Waals surface area contributed by atoms with Crippen molar-refractivity contribution in [1.82, 2.24) is 9.97 Å². The number of carbonyl (C=O) groups is 2. The van der Waals surface area contributed by atoms with Gasteiger partial charge >= 0.3 is 0 Å². The summed E-state index contributed by atoms with van der Waals surface area (Å²) in [7, 11) is 0. The molecule has 0 saturated carbocycles. The third-order valence-electron chi connectivity index (χ3n) is 3.07. The van der Waals surface area contributed by atoms with Gasteiger partial charge in [-0.15, -0.1) is 0 Å². The SMILES string of the molecule is CC(C)CC(C=O)c1nc2ccccc2nc1C(N)=O. The average molecular weight is 271 g/mol. The summed E-state index contributed by atoms with van der Waals surface area (Å²) < 4.78 is 0. The van der Waals surface area contributed by atoms with Crippen LogP contribution in [0.5, 0.6) is 0 Å². The molecule has 1 amide bonds. The number of benzene rings is 1. The first-order chi connectivity index (χ1) is 9.52. The Labute approximate surface area is 117 Å². The summed E-state index contributed by atoms with van der Waals surface area (Å²) in [6, 6.07) is 7.21. The Morgan fingerprint density at radius 2 is 1.85 bits per heavy atom. The molecule has 2 N–H and O–H groups in total. The molecule has 20 heavy (non-hydrogen) atoms. The van der Waals surface area contributed by atoms with E-state index >= 15 is 0 Å². The highest BCUT2D eigenvalue weighted by Crippen LogP contribution is 2.24. The van der Waals surface area contributed by atoms with E-state index in [1.165, 1.54) is 0 Å². The van der Waals surface area contributed by atoms with Crippen molar-refractivity contribution in [2.75, 3.05) is 0 Å². The number of carbonyl (C=O) groups excluding carboxylic acids is 2. The molecule has 2 rings (SSSR count). The second-order valence-electron chi connectivity index (χ2n) is 5.18. The molecule has 1 aromatic heterocycles. The normalized spacial score (nSPS) is 12.6. The lowest BCUT2D eigenvalue weighted by Crippen LogP contribution is -2.20. The van der Waals surface area contributed by atoms with Crippen LogP contribution in [0.3, 0.4) is 0 Å². The Bertz CT molecular complexity index is 653. The zero-order chi connectivity index (χ0) is 14.7. The van der Waals surface area contributed by atoms with Crippen molar-refractivity contribution in [1.29, 1.82) is 0 Å². The van der Waals surface area contributed by atoms with Crippen LogP contribution in [0.25, 0.3) is 11.0 Å². The molecule has 1 unspecified atom stereocenters. The molecule has 0 fully saturated rings. The number of fused-ring (bicyclic) bond motifs is 1. The van der Waals surface area contributed by atoms with E-state index in [0.29, 0.717) is 29.1 Å². The fraction of sp³-hybridized carbons (Fsp3) is 0.333. The maximum absolute atomic E-state index is 11.6. The van der Waals surface area contributed by atoms with Crippen LogP contribution in [0, 0.1) is 5.92 Å². The van der Waals surface area contributed by atoms with E-state index in [1.54, 1.807) is 12.1 Å². The molecule has 1 heterocycles. The summed E-state index contributed by atoms with van der Waals surface area (Å²) in [5, 5.41) is 0. The quantitative estimate of drug-likeness (QED) is 0.843. The van der Waals surface area contributed by atoms with Crippen LogP contribution in [-0.4, -0.2) is 22.2 Å². The number of hydrogen-bond donors (Lipinski definition) is 1. The molecule has 0 saturated heterocycles. The van der Waals surface area contributed by atoms with Gasteiger partial charge in [0.15, 0.2) is 5.69 Å². The van der Waals surface area contributed by atoms with Crippen LogP contribution < -0.4 is 5.73 Å². The predicted molar refractivity (Wildman–Crippen MR) is 76.3 cm³/mol. The van der Waals surface area contributed by atoms with Gasteiger partial charge in [-0.25, -0.2) is 9.97 Å². The maximum atomic E-state index is 11.6. The molecule has 0 radical (unpaired) electrons. The molecule has 1 aromatic carbocycles. The summed E-state index contributed by atoms with van der Waals surface area (Å²) in [5.74, 6) is -0.817. The molecule has 0 aliphatic heterocycles. The molecular formula is C15H17N3O2. The highest BCUT2D eigenvalue weighted by Gasteiger charge is 2.22. The number of aldehydes is 1. The Morgan fingerprint density at radius 1 is 1.25 bits per heavy atom. The third-order valence-corrected chi connectivity index (χ3v) is 3.07. The number of amides is 1. The first-order valence-corrected chi connectivity index (χ1v) is 6.54. The van der Waals surface area contributed by atoms with Crippen molar-refractivity contribution in [3.05, 3.63) is 35.7 Å². The topological polar surface area (TPSA) is 85.9 Å². The zero-order valence-electron chi connectivity index (χ0n) is 11.5. The molecule has 5 heteroatoms. The van der Waals surface area contributed by atoms with Gasteiger partial charge in [-0.3, -0.25) is 4.79 Å². The largest absolute Gasteiger partial charge is 0.364 e. The average Bonchev–Trinajstić information content (AvgIpc) is 2.43. The summed E-state index contributed by atoms with van der Waals surface area (Å²) in [5.41, 5.74) is 7.08. The number of nitrogens with two attached hydrogens (primary N) is 1. The second-order valence-corrected chi connectivity index (χ2v) is 5.18. The highest BCUT2D eigenvalue weighted by molar-refractivity contribution is 5.95. The first-order valence-electron chi connectivity index (χ1n) is 6.54. The number of aromatic nitrogens is 2. The summed E-state index contributed by atoms with van der Waals surface area (Å²) in [6.45, 7) is 4.02. The Morgan fingerprint density at radius 3 is 2.35 bits per heavy atom. The summed E-state index contributed by atoms with van der Waals surface area (Å²) >= 11 is 0. The van der Waals surface area contributed by atoms with Crippen LogP contribution in [0.2, 0.25) is 0 Å². The molecule has 0 spiro atoms. The lowest BCUT2D eigenvalue weighted by molar-refractivity contribution is -0.109. The standard InChI is InChI=1S/C15H17N3O2/c1-9(2)7-10(8-19)13-14(15(16)20)18-12-6-4-3-5-11(12)17-13/h3-6,8-10H,7H2,1-2H3,(H2,16,20). The minimum atomic E-state index is -0.658. The van der Waals surface area contributed by atoms with E-state index in [1.807, 2.05) is 26.0 Å². The van der Waals surface area contributed by atoms with E-state index in [-0.39, 0.29) is 5.69 Å². The van der Waals surface area contributed by atoms with Crippen molar-refractivity contribution in [2.45, 2.75) is 26.2 Å². The molecular weight excluding hydrogens is 254 g/mol. The van der Waals surface area contributed by atoms with Gasteiger partial charge < -0.3 is 10.5 Å². The highest BCUT2D eigenvalue weighted by atomic mass is 16.1. The van der Waals surface area contributed by atoms with Gasteiger partial charge in [-0.1, -0.05) is 26.0 Å². The number of primary amides is 1. The van der Waals surface area contributed by atoms with E-state index in [4.69, 9.17) is 5.73 Å². The maximum Gasteiger partial charge on any atom is 0.269 e. The molecule has 1 atom stereocenters. The van der Waals surface area contributed by atoms with Gasteiger partial charge in [-0.05, 0) is 24.5 Å². The Kier molecular flexibility index (Phi) is 4.08. The first kappa shape index (κ1) is 14.1. The number of nitrogens with zero attached hydrogens (tertiary/aromatic N) is 2. The van der Waals surface area contributed by atoms with Crippen LogP contribution >= 0.6 is 0 Å². The summed E-state index contributed by atoms with van der Waals surface area (Å²) in [6.07, 6.45) is 1.42. The van der Waals surface area contributed by atoms with Crippen molar-refractivity contribution in [3.63, 3.8) is 0 Å². The molecule has 2 aromatic rings. The van der Waals surface area contributed by atoms with Gasteiger partial charge in [0.05, 0.1) is 22.6 Å². The van der Waals surface area contributed by atoms with E-state index in [0.717, 1.165) is 6.29 Å². The Hall–Kier alpha value is -2.30. The molecule has 5 nitrogen and oxygen atoms in total. The van der Waals surface area contributed by atoms with Crippen molar-refractivity contribution >= 4 is 23.2 Å². The van der Waals surface area contributed by atoms with E-state index < -0.39 is 11.8 Å². The van der Waals surface area contributed by atoms with Crippen molar-refractivity contribution in [3.8, 4) is 0 Å². The number of rotatable bonds is 5. The summed E-state index contributed by atoms with van der Waals surface area (Å²) in [4.78, 5) is 31.6. The van der Waals surface area contributed by atoms with Gasteiger partial charge in [0.2, 0.25) is 0 Å². The number of para-hydroxylation sites is 2. The monoisotopic (exact) mass is 271 g/mol. The van der Waals surface area contributed by atoms with E-state index in [2.05, 4.69) is 9.97 Å². The van der Waals surface area contributed by atoms with Crippen LogP contribution in [0.1, 0.15) is 42.4 Å². The minimum absolute atomic E-state index is 0.0847. The molecule has 104 valence electrons. The fourth-order valence-electron chi connectivity index (χ4n) is 2.19. The Balaban J connectivity index is 2.62. The zero-order valence-corrected chi connectivity index (χ0v) is 11.5. The smallest absolute Gasteiger partial charge is 0.269 e. The lowest BCUT2D eigenvalue weighted by atomic mass is 9.93. The predicted octanol–water partition coefficient (Wildman–Crippen LogP) is 2.06. The van der Waals surface area contributed by atoms with Crippen LogP contribution in [0.15, 0.2) is 24.3 Å². The molecule has 0 bridgehead atoms. The minimum Gasteiger partial charge on any atom is -0.364 e. The van der Waals surface area contributed by atoms with Crippen LogP contribution in [0.4, 0.5) is 0 Å². The van der Waals surface area contributed by atoms with Gasteiger partial charge in [0.25, 0.3) is 5.91 Å². The van der Waals surface area contributed by atoms with Gasteiger partial charge in [-0.2, -0.15) is 0 Å². The van der Waals surface area contributed by atoms with Crippen molar-refractivity contribution < 1.29 is 9.59 Å². The molecule has 0 aliphatic rings. The molecule has 0 aliphatic carbocycles. The van der Waals surface area contributed by atoms with Crippen LogP contribution in [-0.2, 0) is 4.79 Å². The van der Waals surface area contributed by atoms with Gasteiger partial charge in [0, 0.05) is 0 Å². The van der Waals surface area contributed by atoms with Gasteiger partial charge in [0.1, 0.15) is 6.29 Å². The number of hydrogen-bond acceptors (Lipinski definition) is 4.